The quantitative estimate of drug-likeness (QED) is 0.640. The minimum absolute atomic E-state index is 0.113. The molecule has 0 saturated heterocycles. The average molecular weight is 282 g/mol. The van der Waals surface area contributed by atoms with Crippen LogP contribution in [0.5, 0.6) is 0 Å². The largest absolute Gasteiger partial charge is 0.477 e. The first-order chi connectivity index (χ1) is 9.43. The van der Waals surface area contributed by atoms with E-state index in [9.17, 15) is 19.3 Å². The molecule has 0 radical (unpaired) electrons. The molecule has 108 valence electrons. The van der Waals surface area contributed by atoms with E-state index in [0.29, 0.717) is 25.1 Å². The summed E-state index contributed by atoms with van der Waals surface area (Å²) >= 11 is 0. The Morgan fingerprint density at radius 1 is 1.55 bits per heavy atom. The summed E-state index contributed by atoms with van der Waals surface area (Å²) < 4.78 is 14.0. The predicted molar refractivity (Wildman–Crippen MR) is 70.6 cm³/mol. The van der Waals surface area contributed by atoms with Crippen LogP contribution >= 0.6 is 0 Å². The number of nitrogens with zero attached hydrogens (tertiary/aromatic N) is 2. The summed E-state index contributed by atoms with van der Waals surface area (Å²) in [7, 11) is 0. The number of halogens is 1. The molecule has 6 nitrogen and oxygen atoms in total. The molecule has 1 N–H and O–H groups in total. The third-order valence-corrected chi connectivity index (χ3v) is 3.39. The number of carbonyl (C=O) groups is 1. The van der Waals surface area contributed by atoms with Crippen molar-refractivity contribution < 1.29 is 19.2 Å². The van der Waals surface area contributed by atoms with Gasteiger partial charge in [-0.1, -0.05) is 0 Å². The van der Waals surface area contributed by atoms with Crippen molar-refractivity contribution >= 4 is 17.3 Å². The van der Waals surface area contributed by atoms with Crippen LogP contribution in [0.4, 0.5) is 15.8 Å². The van der Waals surface area contributed by atoms with E-state index in [2.05, 4.69) is 0 Å². The van der Waals surface area contributed by atoms with Crippen LogP contribution in [0.2, 0.25) is 0 Å². The maximum Gasteiger partial charge on any atom is 0.342 e. The van der Waals surface area contributed by atoms with E-state index < -0.39 is 28.0 Å². The molecule has 0 spiro atoms. The summed E-state index contributed by atoms with van der Waals surface area (Å²) in [6.45, 7) is 3.00. The summed E-state index contributed by atoms with van der Waals surface area (Å²) in [5.41, 5.74) is -1.09. The van der Waals surface area contributed by atoms with Gasteiger partial charge < -0.3 is 10.0 Å². The molecule has 7 heteroatoms. The lowest BCUT2D eigenvalue weighted by atomic mass is 10.1. The highest BCUT2D eigenvalue weighted by molar-refractivity contribution is 5.93. The SMILES string of the molecule is CCN(CC1CC1)c1cc(C(=O)O)c([N+](=O)[O-])cc1F. The summed E-state index contributed by atoms with van der Waals surface area (Å²) in [4.78, 5) is 22.7. The highest BCUT2D eigenvalue weighted by Crippen LogP contribution is 2.34. The fourth-order valence-corrected chi connectivity index (χ4v) is 2.13. The summed E-state index contributed by atoms with van der Waals surface area (Å²) in [6.07, 6.45) is 2.16. The van der Waals surface area contributed by atoms with Crippen molar-refractivity contribution in [3.05, 3.63) is 33.6 Å². The summed E-state index contributed by atoms with van der Waals surface area (Å²) in [5, 5.41) is 19.8. The molecule has 1 fully saturated rings. The van der Waals surface area contributed by atoms with Crippen molar-refractivity contribution in [3.8, 4) is 0 Å². The van der Waals surface area contributed by atoms with Gasteiger partial charge in [-0.3, -0.25) is 10.1 Å². The van der Waals surface area contributed by atoms with Crippen LogP contribution < -0.4 is 4.90 Å². The first-order valence-electron chi connectivity index (χ1n) is 6.40. The van der Waals surface area contributed by atoms with E-state index in [-0.39, 0.29) is 5.69 Å². The highest BCUT2D eigenvalue weighted by Gasteiger charge is 2.28. The number of nitro benzene ring substituents is 1. The minimum Gasteiger partial charge on any atom is -0.477 e. The zero-order chi connectivity index (χ0) is 14.9. The molecule has 0 bridgehead atoms. The maximum atomic E-state index is 14.0. The number of aromatic carboxylic acids is 1. The van der Waals surface area contributed by atoms with E-state index in [0.717, 1.165) is 18.9 Å². The molecule has 1 aromatic rings. The number of benzene rings is 1. The number of hydrogen-bond acceptors (Lipinski definition) is 4. The number of anilines is 1. The molecule has 1 aliphatic rings. The number of carboxylic acid groups (broad SMARTS) is 1. The minimum atomic E-state index is -1.43. The zero-order valence-electron chi connectivity index (χ0n) is 11.0. The molecule has 0 aromatic heterocycles. The van der Waals surface area contributed by atoms with Crippen molar-refractivity contribution in [3.63, 3.8) is 0 Å². The highest BCUT2D eigenvalue weighted by atomic mass is 19.1. The van der Waals surface area contributed by atoms with Crippen molar-refractivity contribution in [2.75, 3.05) is 18.0 Å². The van der Waals surface area contributed by atoms with Gasteiger partial charge >= 0.3 is 5.97 Å². The van der Waals surface area contributed by atoms with Crippen LogP contribution in [-0.4, -0.2) is 29.1 Å². The fourth-order valence-electron chi connectivity index (χ4n) is 2.13. The van der Waals surface area contributed by atoms with Gasteiger partial charge in [0.05, 0.1) is 16.7 Å². The number of hydrogen-bond donors (Lipinski definition) is 1. The summed E-state index contributed by atoms with van der Waals surface area (Å²) in [5.74, 6) is -1.69. The van der Waals surface area contributed by atoms with Crippen LogP contribution in [-0.2, 0) is 0 Å². The fraction of sp³-hybridized carbons (Fsp3) is 0.462. The molecule has 20 heavy (non-hydrogen) atoms. The normalized spacial score (nSPS) is 14.1. The average Bonchev–Trinajstić information content (AvgIpc) is 3.19. The Bertz CT molecular complexity index is 558. The third kappa shape index (κ3) is 2.87. The van der Waals surface area contributed by atoms with Crippen molar-refractivity contribution in [1.82, 2.24) is 0 Å². The van der Waals surface area contributed by atoms with Gasteiger partial charge in [-0.25, -0.2) is 9.18 Å². The van der Waals surface area contributed by atoms with Gasteiger partial charge in [-0.05, 0) is 31.7 Å². The van der Waals surface area contributed by atoms with Gasteiger partial charge in [0.1, 0.15) is 5.56 Å². The van der Waals surface area contributed by atoms with Gasteiger partial charge in [0.2, 0.25) is 0 Å². The smallest absolute Gasteiger partial charge is 0.342 e. The molecule has 1 aromatic carbocycles. The van der Waals surface area contributed by atoms with Crippen LogP contribution in [0.25, 0.3) is 0 Å². The Hall–Kier alpha value is -2.18. The molecule has 0 atom stereocenters. The maximum absolute atomic E-state index is 14.0. The molecule has 1 aliphatic carbocycles. The number of rotatable bonds is 6. The van der Waals surface area contributed by atoms with Crippen LogP contribution in [0.15, 0.2) is 12.1 Å². The first kappa shape index (κ1) is 14.2. The van der Waals surface area contributed by atoms with Crippen molar-refractivity contribution in [2.24, 2.45) is 5.92 Å². The molecule has 0 amide bonds. The molecular weight excluding hydrogens is 267 g/mol. The van der Waals surface area contributed by atoms with Crippen LogP contribution in [0, 0.1) is 21.8 Å². The van der Waals surface area contributed by atoms with Crippen LogP contribution in [0.1, 0.15) is 30.1 Å². The number of carboxylic acids is 1. The number of nitro groups is 1. The molecule has 2 rings (SSSR count). The molecule has 1 saturated carbocycles. The Labute approximate surface area is 115 Å². The summed E-state index contributed by atoms with van der Waals surface area (Å²) in [6, 6.07) is 1.75. The van der Waals surface area contributed by atoms with E-state index in [1.54, 1.807) is 4.90 Å². The standard InChI is InChI=1S/C13H15FN2O4/c1-2-15(7-8-3-4-8)12-5-9(13(17)18)11(16(19)20)6-10(12)14/h5-6,8H,2-4,7H2,1H3,(H,17,18). The van der Waals surface area contributed by atoms with Gasteiger partial charge in [-0.2, -0.15) is 0 Å². The second-order valence-electron chi connectivity index (χ2n) is 4.87. The lowest BCUT2D eigenvalue weighted by Crippen LogP contribution is -2.26. The van der Waals surface area contributed by atoms with Crippen LogP contribution in [0.3, 0.4) is 0 Å². The van der Waals surface area contributed by atoms with Gasteiger partial charge in [-0.15, -0.1) is 0 Å². The Balaban J connectivity index is 2.44. The molecule has 0 aliphatic heterocycles. The Morgan fingerprint density at radius 3 is 2.65 bits per heavy atom. The van der Waals surface area contributed by atoms with E-state index in [1.165, 1.54) is 0 Å². The Morgan fingerprint density at radius 2 is 2.20 bits per heavy atom. The second kappa shape index (κ2) is 5.44. The topological polar surface area (TPSA) is 83.7 Å². The lowest BCUT2D eigenvalue weighted by Gasteiger charge is -2.23. The van der Waals surface area contributed by atoms with E-state index in [4.69, 9.17) is 5.11 Å². The van der Waals surface area contributed by atoms with Crippen molar-refractivity contribution in [2.45, 2.75) is 19.8 Å². The third-order valence-electron chi connectivity index (χ3n) is 3.39. The first-order valence-corrected chi connectivity index (χ1v) is 6.40. The predicted octanol–water partition coefficient (Wildman–Crippen LogP) is 2.67. The van der Waals surface area contributed by atoms with Gasteiger partial charge in [0.15, 0.2) is 5.82 Å². The van der Waals surface area contributed by atoms with E-state index in [1.807, 2.05) is 6.92 Å². The second-order valence-corrected chi connectivity index (χ2v) is 4.87. The Kier molecular flexibility index (Phi) is 3.87. The molecule has 0 unspecified atom stereocenters. The molecule has 0 heterocycles. The lowest BCUT2D eigenvalue weighted by molar-refractivity contribution is -0.385. The van der Waals surface area contributed by atoms with Gasteiger partial charge in [0.25, 0.3) is 5.69 Å². The van der Waals surface area contributed by atoms with Crippen molar-refractivity contribution in [1.29, 1.82) is 0 Å². The monoisotopic (exact) mass is 282 g/mol. The molecular formula is C13H15FN2O4. The van der Waals surface area contributed by atoms with Gasteiger partial charge in [0, 0.05) is 13.1 Å². The van der Waals surface area contributed by atoms with E-state index >= 15 is 0 Å². The zero-order valence-corrected chi connectivity index (χ0v) is 11.0.